The Kier molecular flexibility index (Phi) is 48.8. The predicted molar refractivity (Wildman–Crippen MR) is 347 cm³/mol. The second kappa shape index (κ2) is 53.0. The van der Waals surface area contributed by atoms with Crippen molar-refractivity contribution in [1.82, 2.24) is 5.32 Å². The fourth-order valence-corrected chi connectivity index (χ4v) is 13.0. The molecule has 19 heteroatoms. The van der Waals surface area contributed by atoms with Crippen molar-refractivity contribution in [3.05, 3.63) is 0 Å². The lowest BCUT2D eigenvalue weighted by Crippen LogP contribution is -2.66. The number of unbranched alkanes of at least 4 members (excludes halogenated alkanes) is 42. The lowest BCUT2D eigenvalue weighted by Gasteiger charge is -2.48. The van der Waals surface area contributed by atoms with Gasteiger partial charge in [-0.3, -0.25) is 4.79 Å². The summed E-state index contributed by atoms with van der Waals surface area (Å²) in [6, 6.07) is -0.881. The molecule has 0 aromatic carbocycles. The van der Waals surface area contributed by atoms with Crippen molar-refractivity contribution in [2.45, 2.75) is 413 Å². The maximum Gasteiger partial charge on any atom is 0.220 e. The highest BCUT2D eigenvalue weighted by Gasteiger charge is 2.53. The predicted octanol–water partition coefficient (Wildman–Crippen LogP) is 10.3. The van der Waals surface area contributed by atoms with Crippen LogP contribution < -0.4 is 5.32 Å². The van der Waals surface area contributed by atoms with E-state index in [0.717, 1.165) is 44.9 Å². The van der Waals surface area contributed by atoms with Gasteiger partial charge in [-0.25, -0.2) is 0 Å². The van der Waals surface area contributed by atoms with Gasteiger partial charge in [-0.15, -0.1) is 0 Å². The Morgan fingerprint density at radius 1 is 0.360 bits per heavy atom. The molecule has 0 aromatic heterocycles. The second-order valence-corrected chi connectivity index (χ2v) is 26.8. The first kappa shape index (κ1) is 82.0. The Hall–Kier alpha value is -1.21. The molecule has 0 spiro atoms. The molecule has 0 radical (unpaired) electrons. The molecule has 17 unspecified atom stereocenters. The zero-order valence-corrected chi connectivity index (χ0v) is 55.9. The molecule has 0 bridgehead atoms. The van der Waals surface area contributed by atoms with Crippen molar-refractivity contribution in [3.8, 4) is 0 Å². The van der Waals surface area contributed by atoms with Gasteiger partial charge in [0.05, 0.1) is 38.6 Å². The number of rotatable bonds is 58. The summed E-state index contributed by atoms with van der Waals surface area (Å²) in [5.74, 6) is -0.235. The molecule has 19 nitrogen and oxygen atoms in total. The average Bonchev–Trinajstić information content (AvgIpc) is 2.53. The summed E-state index contributed by atoms with van der Waals surface area (Å²) in [4.78, 5) is 13.4. The third-order valence-corrected chi connectivity index (χ3v) is 18.9. The molecule has 0 aromatic rings. The highest BCUT2D eigenvalue weighted by atomic mass is 16.8. The molecule has 0 saturated carbocycles. The normalized spacial score (nSPS) is 28.1. The van der Waals surface area contributed by atoms with Gasteiger partial charge >= 0.3 is 0 Å². The Balaban J connectivity index is 1.35. The van der Waals surface area contributed by atoms with E-state index in [0.29, 0.717) is 12.8 Å². The first-order chi connectivity index (χ1) is 43.3. The standard InChI is InChI=1S/C70H135NO18/c1-3-5-7-9-11-13-15-17-19-20-21-22-23-24-25-26-27-28-29-30-31-32-33-34-36-38-40-42-44-46-48-58(76)71-53(54(75)47-45-43-41-39-37-35-18-16-14-12-10-8-6-4-2)52-84-68-64(82)61(79)66(56(50-73)86-68)89-70-65(83)62(80)67(57(51-74)87-70)88-69-63(81)60(78)59(77)55(49-72)85-69/h53-57,59-70,72-75,77-83H,3-52H2,1-2H3,(H,71,76). The van der Waals surface area contributed by atoms with Crippen LogP contribution in [0, 0.1) is 0 Å². The third kappa shape index (κ3) is 34.9. The highest BCUT2D eigenvalue weighted by molar-refractivity contribution is 5.76. The molecule has 89 heavy (non-hydrogen) atoms. The maximum absolute atomic E-state index is 13.4. The number of hydrogen-bond donors (Lipinski definition) is 12. The first-order valence-electron chi connectivity index (χ1n) is 36.8. The zero-order chi connectivity index (χ0) is 64.7. The fourth-order valence-electron chi connectivity index (χ4n) is 13.0. The summed E-state index contributed by atoms with van der Waals surface area (Å²) in [5, 5.41) is 121. The topological polar surface area (TPSA) is 307 Å². The minimum absolute atomic E-state index is 0.235. The van der Waals surface area contributed by atoms with E-state index in [1.165, 1.54) is 231 Å². The summed E-state index contributed by atoms with van der Waals surface area (Å²) in [7, 11) is 0. The van der Waals surface area contributed by atoms with E-state index in [-0.39, 0.29) is 18.9 Å². The van der Waals surface area contributed by atoms with Gasteiger partial charge in [0.25, 0.3) is 0 Å². The smallest absolute Gasteiger partial charge is 0.220 e. The monoisotopic (exact) mass is 1280 g/mol. The molecule has 0 aliphatic carbocycles. The highest BCUT2D eigenvalue weighted by Crippen LogP contribution is 2.33. The van der Waals surface area contributed by atoms with Gasteiger partial charge in [0, 0.05) is 6.42 Å². The number of carbonyl (C=O) groups excluding carboxylic acids is 1. The molecule has 3 fully saturated rings. The lowest BCUT2D eigenvalue weighted by atomic mass is 9.96. The van der Waals surface area contributed by atoms with E-state index in [2.05, 4.69) is 19.2 Å². The molecule has 3 rings (SSSR count). The van der Waals surface area contributed by atoms with Gasteiger partial charge in [-0.1, -0.05) is 290 Å². The third-order valence-electron chi connectivity index (χ3n) is 18.9. The van der Waals surface area contributed by atoms with Crippen LogP contribution in [0.4, 0.5) is 0 Å². The minimum atomic E-state index is -1.97. The molecule has 3 saturated heterocycles. The van der Waals surface area contributed by atoms with Crippen molar-refractivity contribution in [2.24, 2.45) is 0 Å². The molecule has 12 N–H and O–H groups in total. The van der Waals surface area contributed by atoms with Crippen LogP contribution >= 0.6 is 0 Å². The van der Waals surface area contributed by atoms with Crippen LogP contribution in [0.1, 0.15) is 309 Å². The van der Waals surface area contributed by atoms with E-state index in [9.17, 15) is 61.0 Å². The Labute approximate surface area is 538 Å². The van der Waals surface area contributed by atoms with E-state index in [1.54, 1.807) is 0 Å². The molecule has 528 valence electrons. The van der Waals surface area contributed by atoms with Crippen molar-refractivity contribution < 1.29 is 89.4 Å². The van der Waals surface area contributed by atoms with Gasteiger partial charge < -0.3 is 89.9 Å². The van der Waals surface area contributed by atoms with Crippen molar-refractivity contribution in [1.29, 1.82) is 0 Å². The van der Waals surface area contributed by atoms with Crippen LogP contribution in [0.3, 0.4) is 0 Å². The van der Waals surface area contributed by atoms with Crippen LogP contribution in [-0.4, -0.2) is 193 Å². The molecule has 3 aliphatic rings. The molecule has 1 amide bonds. The van der Waals surface area contributed by atoms with Crippen LogP contribution in [0.5, 0.6) is 0 Å². The van der Waals surface area contributed by atoms with Crippen LogP contribution in [0.2, 0.25) is 0 Å². The van der Waals surface area contributed by atoms with E-state index in [4.69, 9.17) is 28.4 Å². The molecule has 3 heterocycles. The van der Waals surface area contributed by atoms with Crippen molar-refractivity contribution >= 4 is 5.91 Å². The van der Waals surface area contributed by atoms with Gasteiger partial charge in [-0.05, 0) is 12.8 Å². The van der Waals surface area contributed by atoms with Crippen LogP contribution in [0.25, 0.3) is 0 Å². The van der Waals surface area contributed by atoms with Crippen molar-refractivity contribution in [2.75, 3.05) is 26.4 Å². The fraction of sp³-hybridized carbons (Fsp3) is 0.986. The Morgan fingerprint density at radius 3 is 0.978 bits per heavy atom. The number of aliphatic hydroxyl groups excluding tert-OH is 11. The van der Waals surface area contributed by atoms with Gasteiger partial charge in [0.15, 0.2) is 18.9 Å². The van der Waals surface area contributed by atoms with Crippen molar-refractivity contribution in [3.63, 3.8) is 0 Å². The quantitative estimate of drug-likeness (QED) is 0.0252. The van der Waals surface area contributed by atoms with E-state index < -0.39 is 124 Å². The van der Waals surface area contributed by atoms with Gasteiger partial charge in [-0.2, -0.15) is 0 Å². The summed E-state index contributed by atoms with van der Waals surface area (Å²) in [6.45, 7) is 1.84. The largest absolute Gasteiger partial charge is 0.394 e. The minimum Gasteiger partial charge on any atom is -0.394 e. The summed E-state index contributed by atoms with van der Waals surface area (Å²) >= 11 is 0. The van der Waals surface area contributed by atoms with Gasteiger partial charge in [0.2, 0.25) is 5.91 Å². The van der Waals surface area contributed by atoms with Crippen LogP contribution in [0.15, 0.2) is 0 Å². The van der Waals surface area contributed by atoms with E-state index in [1.807, 2.05) is 0 Å². The molecule has 17 atom stereocenters. The summed E-state index contributed by atoms with van der Waals surface area (Å²) in [5.41, 5.74) is 0. The maximum atomic E-state index is 13.4. The average molecular weight is 1280 g/mol. The number of ether oxygens (including phenoxy) is 6. The number of amides is 1. The number of aliphatic hydroxyl groups is 11. The second-order valence-electron chi connectivity index (χ2n) is 26.8. The number of hydrogen-bond acceptors (Lipinski definition) is 18. The van der Waals surface area contributed by atoms with E-state index >= 15 is 0 Å². The summed E-state index contributed by atoms with van der Waals surface area (Å²) in [6.07, 6.45) is 30.6. The summed E-state index contributed by atoms with van der Waals surface area (Å²) < 4.78 is 34.4. The first-order valence-corrected chi connectivity index (χ1v) is 36.8. The zero-order valence-electron chi connectivity index (χ0n) is 55.9. The number of carbonyl (C=O) groups is 1. The Morgan fingerprint density at radius 2 is 0.640 bits per heavy atom. The molecular weight excluding hydrogens is 1140 g/mol. The molecule has 3 aliphatic heterocycles. The van der Waals surface area contributed by atoms with Gasteiger partial charge in [0.1, 0.15) is 73.2 Å². The molecular formula is C70H135NO18. The SMILES string of the molecule is CCCCCCCCCCCCCCCCCCCCCCCCCCCCCCCCC(=O)NC(COC1OC(CO)C(OC2OC(CO)C(OC3OC(CO)C(O)C(O)C3O)C(O)C2O)C(O)C1O)C(O)CCCCCCCCCCCCCCCC. The lowest BCUT2D eigenvalue weighted by molar-refractivity contribution is -0.379. The number of nitrogens with one attached hydrogen (secondary N) is 1. The Bertz CT molecular complexity index is 1620. The van der Waals surface area contributed by atoms with Crippen LogP contribution in [-0.2, 0) is 33.2 Å².